The highest BCUT2D eigenvalue weighted by molar-refractivity contribution is 9.10. The van der Waals surface area contributed by atoms with E-state index in [0.717, 1.165) is 30.4 Å². The van der Waals surface area contributed by atoms with Crippen LogP contribution in [0.15, 0.2) is 28.7 Å². The minimum Gasteiger partial charge on any atom is -0.370 e. The van der Waals surface area contributed by atoms with Crippen LogP contribution in [0.2, 0.25) is 0 Å². The van der Waals surface area contributed by atoms with Crippen molar-refractivity contribution >= 4 is 21.8 Å². The maximum Gasteiger partial charge on any atom is 0.217 e. The Kier molecular flexibility index (Phi) is 4.99. The number of hydrogen-bond acceptors (Lipinski definition) is 2. The molecule has 1 amide bonds. The van der Waals surface area contributed by atoms with E-state index in [1.807, 2.05) is 0 Å². The van der Waals surface area contributed by atoms with E-state index in [2.05, 4.69) is 52.0 Å². The minimum atomic E-state index is -0.167. The Hall–Kier alpha value is -0.870. The standard InChI is InChI=1S/C15H21BrN2O/c1-11(13-2-4-14(16)5-3-13)18-8-6-12(7-9-18)10-15(17)19/h2-5,11-12H,6-10H2,1H3,(H2,17,19)/t11-/m0/s1. The molecule has 1 heterocycles. The molecule has 1 saturated heterocycles. The molecule has 2 rings (SSSR count). The van der Waals surface area contributed by atoms with E-state index in [0.29, 0.717) is 18.4 Å². The predicted octanol–water partition coefficient (Wildman–Crippen LogP) is 3.10. The number of nitrogens with two attached hydrogens (primary N) is 1. The molecular weight excluding hydrogens is 304 g/mol. The fourth-order valence-electron chi connectivity index (χ4n) is 2.78. The minimum absolute atomic E-state index is 0.167. The highest BCUT2D eigenvalue weighted by atomic mass is 79.9. The van der Waals surface area contributed by atoms with Gasteiger partial charge < -0.3 is 5.73 Å². The van der Waals surface area contributed by atoms with Gasteiger partial charge in [-0.2, -0.15) is 0 Å². The summed E-state index contributed by atoms with van der Waals surface area (Å²) >= 11 is 3.46. The van der Waals surface area contributed by atoms with E-state index in [-0.39, 0.29) is 5.91 Å². The Balaban J connectivity index is 1.90. The van der Waals surface area contributed by atoms with Crippen molar-refractivity contribution in [3.8, 4) is 0 Å². The number of benzene rings is 1. The summed E-state index contributed by atoms with van der Waals surface area (Å²) in [5.74, 6) is 0.310. The van der Waals surface area contributed by atoms with E-state index in [1.54, 1.807) is 0 Å². The fourth-order valence-corrected chi connectivity index (χ4v) is 3.05. The number of amides is 1. The SMILES string of the molecule is C[C@@H](c1ccc(Br)cc1)N1CCC(CC(N)=O)CC1. The summed E-state index contributed by atoms with van der Waals surface area (Å²) in [6.45, 7) is 4.35. The number of carbonyl (C=O) groups is 1. The molecule has 0 bridgehead atoms. The van der Waals surface area contributed by atoms with Crippen LogP contribution in [0.4, 0.5) is 0 Å². The van der Waals surface area contributed by atoms with Gasteiger partial charge in [-0.05, 0) is 56.5 Å². The lowest BCUT2D eigenvalue weighted by molar-refractivity contribution is -0.119. The molecule has 104 valence electrons. The zero-order chi connectivity index (χ0) is 13.8. The number of primary amides is 1. The van der Waals surface area contributed by atoms with Crippen LogP contribution in [-0.2, 0) is 4.79 Å². The highest BCUT2D eigenvalue weighted by Crippen LogP contribution is 2.28. The van der Waals surface area contributed by atoms with Crippen molar-refractivity contribution in [3.05, 3.63) is 34.3 Å². The summed E-state index contributed by atoms with van der Waals surface area (Å²) in [4.78, 5) is 13.4. The van der Waals surface area contributed by atoms with Crippen LogP contribution in [0.5, 0.6) is 0 Å². The summed E-state index contributed by atoms with van der Waals surface area (Å²) in [6, 6.07) is 8.95. The van der Waals surface area contributed by atoms with Gasteiger partial charge in [0, 0.05) is 16.9 Å². The summed E-state index contributed by atoms with van der Waals surface area (Å²) in [7, 11) is 0. The summed E-state index contributed by atoms with van der Waals surface area (Å²) in [5, 5.41) is 0. The van der Waals surface area contributed by atoms with Gasteiger partial charge in [0.15, 0.2) is 0 Å². The molecule has 2 N–H and O–H groups in total. The molecule has 4 heteroatoms. The van der Waals surface area contributed by atoms with Crippen molar-refractivity contribution in [3.63, 3.8) is 0 Å². The zero-order valence-corrected chi connectivity index (χ0v) is 12.9. The summed E-state index contributed by atoms with van der Waals surface area (Å²) in [5.41, 5.74) is 6.61. The van der Waals surface area contributed by atoms with Gasteiger partial charge in [0.1, 0.15) is 0 Å². The lowest BCUT2D eigenvalue weighted by Crippen LogP contribution is -2.36. The van der Waals surface area contributed by atoms with Crippen LogP contribution in [-0.4, -0.2) is 23.9 Å². The van der Waals surface area contributed by atoms with E-state index in [4.69, 9.17) is 5.73 Å². The predicted molar refractivity (Wildman–Crippen MR) is 80.7 cm³/mol. The van der Waals surface area contributed by atoms with Crippen molar-refractivity contribution in [1.82, 2.24) is 4.90 Å². The van der Waals surface area contributed by atoms with Crippen molar-refractivity contribution in [2.75, 3.05) is 13.1 Å². The molecule has 1 aliphatic rings. The first-order chi connectivity index (χ1) is 9.06. The van der Waals surface area contributed by atoms with E-state index in [1.165, 1.54) is 5.56 Å². The number of rotatable bonds is 4. The third kappa shape index (κ3) is 4.05. The van der Waals surface area contributed by atoms with Gasteiger partial charge in [0.2, 0.25) is 5.91 Å². The van der Waals surface area contributed by atoms with Gasteiger partial charge in [0.05, 0.1) is 0 Å². The second kappa shape index (κ2) is 6.53. The fraction of sp³-hybridized carbons (Fsp3) is 0.533. The van der Waals surface area contributed by atoms with Crippen molar-refractivity contribution in [2.45, 2.75) is 32.2 Å². The molecule has 0 radical (unpaired) electrons. The Labute approximate surface area is 123 Å². The van der Waals surface area contributed by atoms with Gasteiger partial charge in [-0.15, -0.1) is 0 Å². The molecule has 3 nitrogen and oxygen atoms in total. The molecule has 0 aromatic heterocycles. The zero-order valence-electron chi connectivity index (χ0n) is 11.3. The first-order valence-corrected chi connectivity index (χ1v) is 7.63. The van der Waals surface area contributed by atoms with E-state index in [9.17, 15) is 4.79 Å². The van der Waals surface area contributed by atoms with Crippen LogP contribution in [0.1, 0.15) is 37.8 Å². The number of nitrogens with zero attached hydrogens (tertiary/aromatic N) is 1. The lowest BCUT2D eigenvalue weighted by atomic mass is 9.92. The molecule has 0 unspecified atom stereocenters. The second-order valence-corrected chi connectivity index (χ2v) is 6.29. The van der Waals surface area contributed by atoms with Crippen LogP contribution in [0.25, 0.3) is 0 Å². The maximum absolute atomic E-state index is 10.9. The van der Waals surface area contributed by atoms with Gasteiger partial charge in [0.25, 0.3) is 0 Å². The van der Waals surface area contributed by atoms with Crippen LogP contribution in [0.3, 0.4) is 0 Å². The number of likely N-dealkylation sites (tertiary alicyclic amines) is 1. The van der Waals surface area contributed by atoms with Crippen molar-refractivity contribution in [2.24, 2.45) is 11.7 Å². The first-order valence-electron chi connectivity index (χ1n) is 6.84. The molecule has 0 spiro atoms. The average Bonchev–Trinajstić information content (AvgIpc) is 2.39. The van der Waals surface area contributed by atoms with Gasteiger partial charge in [-0.1, -0.05) is 28.1 Å². The lowest BCUT2D eigenvalue weighted by Gasteiger charge is -2.36. The molecule has 0 saturated carbocycles. The molecule has 0 aliphatic carbocycles. The number of piperidine rings is 1. The monoisotopic (exact) mass is 324 g/mol. The molecule has 1 aromatic rings. The van der Waals surface area contributed by atoms with Gasteiger partial charge in [-0.3, -0.25) is 9.69 Å². The molecular formula is C15H21BrN2O. The van der Waals surface area contributed by atoms with Crippen molar-refractivity contribution in [1.29, 1.82) is 0 Å². The highest BCUT2D eigenvalue weighted by Gasteiger charge is 2.24. The smallest absolute Gasteiger partial charge is 0.217 e. The Morgan fingerprint density at radius 1 is 1.37 bits per heavy atom. The Morgan fingerprint density at radius 3 is 2.47 bits per heavy atom. The number of hydrogen-bond donors (Lipinski definition) is 1. The average molecular weight is 325 g/mol. The topological polar surface area (TPSA) is 46.3 Å². The molecule has 1 aliphatic heterocycles. The first kappa shape index (κ1) is 14.5. The van der Waals surface area contributed by atoms with Gasteiger partial charge >= 0.3 is 0 Å². The van der Waals surface area contributed by atoms with Crippen LogP contribution < -0.4 is 5.73 Å². The second-order valence-electron chi connectivity index (χ2n) is 5.38. The third-order valence-electron chi connectivity index (χ3n) is 4.04. The van der Waals surface area contributed by atoms with E-state index >= 15 is 0 Å². The Morgan fingerprint density at radius 2 is 1.95 bits per heavy atom. The van der Waals surface area contributed by atoms with E-state index < -0.39 is 0 Å². The van der Waals surface area contributed by atoms with Gasteiger partial charge in [-0.25, -0.2) is 0 Å². The maximum atomic E-state index is 10.9. The largest absolute Gasteiger partial charge is 0.370 e. The van der Waals surface area contributed by atoms with Crippen LogP contribution >= 0.6 is 15.9 Å². The third-order valence-corrected chi connectivity index (χ3v) is 4.57. The molecule has 1 atom stereocenters. The normalized spacial score (nSPS) is 19.3. The Bertz CT molecular complexity index is 424. The van der Waals surface area contributed by atoms with Crippen molar-refractivity contribution < 1.29 is 4.79 Å². The number of halogens is 1. The molecule has 1 fully saturated rings. The summed E-state index contributed by atoms with van der Waals surface area (Å²) < 4.78 is 1.11. The summed E-state index contributed by atoms with van der Waals surface area (Å²) in [6.07, 6.45) is 2.69. The molecule has 1 aromatic carbocycles. The van der Waals surface area contributed by atoms with Crippen LogP contribution in [0, 0.1) is 5.92 Å². The molecule has 19 heavy (non-hydrogen) atoms. The number of carbonyl (C=O) groups excluding carboxylic acids is 1. The quantitative estimate of drug-likeness (QED) is 0.925.